The molecule has 0 saturated carbocycles. The lowest BCUT2D eigenvalue weighted by Gasteiger charge is -2.08. The molecular formula is C10H9N3O5. The minimum Gasteiger partial charge on any atom is -0.383 e. The zero-order valence-corrected chi connectivity index (χ0v) is 9.40. The third-order valence-corrected chi connectivity index (χ3v) is 2.29. The molecule has 1 aromatic rings. The SMILES string of the molecule is COCC(C#N)c1ccc([N+](=O)[O-])cc1[N+](=O)[O-]. The number of methoxy groups -OCH3 is 1. The molecule has 8 nitrogen and oxygen atoms in total. The molecule has 0 aliphatic rings. The molecule has 94 valence electrons. The largest absolute Gasteiger partial charge is 0.383 e. The van der Waals surface area contributed by atoms with Gasteiger partial charge in [-0.3, -0.25) is 20.2 Å². The molecule has 0 fully saturated rings. The first-order valence-electron chi connectivity index (χ1n) is 4.82. The number of nitro groups is 2. The molecule has 0 aliphatic heterocycles. The Labute approximate surface area is 102 Å². The summed E-state index contributed by atoms with van der Waals surface area (Å²) in [6.45, 7) is -0.0187. The van der Waals surface area contributed by atoms with E-state index in [-0.39, 0.29) is 17.9 Å². The second kappa shape index (κ2) is 5.70. The Balaban J connectivity index is 3.31. The summed E-state index contributed by atoms with van der Waals surface area (Å²) < 4.78 is 4.78. The van der Waals surface area contributed by atoms with E-state index in [2.05, 4.69) is 0 Å². The van der Waals surface area contributed by atoms with E-state index in [1.807, 2.05) is 6.07 Å². The van der Waals surface area contributed by atoms with Gasteiger partial charge in [0.15, 0.2) is 0 Å². The molecule has 1 atom stereocenters. The van der Waals surface area contributed by atoms with E-state index >= 15 is 0 Å². The van der Waals surface area contributed by atoms with Crippen molar-refractivity contribution < 1.29 is 14.6 Å². The highest BCUT2D eigenvalue weighted by molar-refractivity contribution is 5.52. The molecule has 0 aliphatic carbocycles. The zero-order valence-electron chi connectivity index (χ0n) is 9.40. The minimum atomic E-state index is -0.837. The molecule has 0 spiro atoms. The summed E-state index contributed by atoms with van der Waals surface area (Å²) in [5.74, 6) is -0.837. The van der Waals surface area contributed by atoms with Gasteiger partial charge in [0, 0.05) is 18.7 Å². The summed E-state index contributed by atoms with van der Waals surface area (Å²) >= 11 is 0. The highest BCUT2D eigenvalue weighted by atomic mass is 16.6. The van der Waals surface area contributed by atoms with E-state index < -0.39 is 21.5 Å². The van der Waals surface area contributed by atoms with Crippen LogP contribution in [-0.2, 0) is 4.74 Å². The first-order chi connectivity index (χ1) is 8.51. The summed E-state index contributed by atoms with van der Waals surface area (Å²) in [7, 11) is 1.36. The van der Waals surface area contributed by atoms with Crippen molar-refractivity contribution >= 4 is 11.4 Å². The Hall–Kier alpha value is -2.53. The number of hydrogen-bond donors (Lipinski definition) is 0. The predicted molar refractivity (Wildman–Crippen MR) is 60.0 cm³/mol. The van der Waals surface area contributed by atoms with Crippen LogP contribution in [0.4, 0.5) is 11.4 Å². The van der Waals surface area contributed by atoms with Crippen LogP contribution >= 0.6 is 0 Å². The van der Waals surface area contributed by atoms with Gasteiger partial charge < -0.3 is 4.74 Å². The average molecular weight is 251 g/mol. The van der Waals surface area contributed by atoms with Gasteiger partial charge in [-0.05, 0) is 6.07 Å². The monoisotopic (exact) mass is 251 g/mol. The summed E-state index contributed by atoms with van der Waals surface area (Å²) in [6.07, 6.45) is 0. The first-order valence-corrected chi connectivity index (χ1v) is 4.82. The number of ether oxygens (including phenoxy) is 1. The average Bonchev–Trinajstić information content (AvgIpc) is 2.35. The topological polar surface area (TPSA) is 119 Å². The first kappa shape index (κ1) is 13.5. The lowest BCUT2D eigenvalue weighted by Crippen LogP contribution is -2.07. The Kier molecular flexibility index (Phi) is 4.28. The Morgan fingerprint density at radius 2 is 2.06 bits per heavy atom. The summed E-state index contributed by atoms with van der Waals surface area (Å²) in [5, 5.41) is 30.3. The van der Waals surface area contributed by atoms with Gasteiger partial charge in [0.05, 0.1) is 28.6 Å². The van der Waals surface area contributed by atoms with Crippen molar-refractivity contribution in [2.24, 2.45) is 0 Å². The number of nitrogens with zero attached hydrogens (tertiary/aromatic N) is 3. The zero-order chi connectivity index (χ0) is 13.7. The van der Waals surface area contributed by atoms with Crippen LogP contribution in [0.25, 0.3) is 0 Å². The van der Waals surface area contributed by atoms with E-state index in [9.17, 15) is 20.2 Å². The summed E-state index contributed by atoms with van der Waals surface area (Å²) in [5.41, 5.74) is -0.734. The molecule has 0 amide bonds. The van der Waals surface area contributed by atoms with Gasteiger partial charge in [0.2, 0.25) is 0 Å². The molecule has 8 heteroatoms. The highest BCUT2D eigenvalue weighted by Gasteiger charge is 2.25. The number of benzene rings is 1. The fourth-order valence-corrected chi connectivity index (χ4v) is 1.46. The lowest BCUT2D eigenvalue weighted by atomic mass is 9.99. The second-order valence-electron chi connectivity index (χ2n) is 3.39. The Morgan fingerprint density at radius 1 is 1.39 bits per heavy atom. The van der Waals surface area contributed by atoms with Crippen LogP contribution in [0, 0.1) is 31.6 Å². The molecule has 0 N–H and O–H groups in total. The number of non-ortho nitro benzene ring substituents is 1. The standard InChI is InChI=1S/C10H9N3O5/c1-18-6-7(5-11)9-3-2-8(12(14)15)4-10(9)13(16)17/h2-4,7H,6H2,1H3. The van der Waals surface area contributed by atoms with Crippen molar-refractivity contribution in [1.82, 2.24) is 0 Å². The van der Waals surface area contributed by atoms with Crippen LogP contribution in [0.3, 0.4) is 0 Å². The van der Waals surface area contributed by atoms with Crippen molar-refractivity contribution in [3.63, 3.8) is 0 Å². The van der Waals surface area contributed by atoms with Crippen LogP contribution in [0.5, 0.6) is 0 Å². The third-order valence-electron chi connectivity index (χ3n) is 2.29. The van der Waals surface area contributed by atoms with Gasteiger partial charge in [-0.15, -0.1) is 0 Å². The van der Waals surface area contributed by atoms with E-state index in [4.69, 9.17) is 10.00 Å². The molecule has 18 heavy (non-hydrogen) atoms. The van der Waals surface area contributed by atoms with Crippen LogP contribution in [0.1, 0.15) is 11.5 Å². The van der Waals surface area contributed by atoms with Gasteiger partial charge >= 0.3 is 0 Å². The van der Waals surface area contributed by atoms with Crippen LogP contribution in [-0.4, -0.2) is 23.6 Å². The molecule has 0 radical (unpaired) electrons. The lowest BCUT2D eigenvalue weighted by molar-refractivity contribution is -0.394. The quantitative estimate of drug-likeness (QED) is 0.580. The molecule has 0 bridgehead atoms. The summed E-state index contributed by atoms with van der Waals surface area (Å²) in [6, 6.07) is 5.05. The number of nitro benzene ring substituents is 2. The molecule has 0 saturated heterocycles. The molecule has 0 heterocycles. The third kappa shape index (κ3) is 2.78. The Bertz CT molecular complexity index is 523. The van der Waals surface area contributed by atoms with Crippen LogP contribution < -0.4 is 0 Å². The second-order valence-corrected chi connectivity index (χ2v) is 3.39. The maximum Gasteiger partial charge on any atom is 0.280 e. The van der Waals surface area contributed by atoms with E-state index in [0.717, 1.165) is 12.1 Å². The number of nitriles is 1. The van der Waals surface area contributed by atoms with Crippen molar-refractivity contribution in [2.45, 2.75) is 5.92 Å². The fraction of sp³-hybridized carbons (Fsp3) is 0.300. The maximum atomic E-state index is 10.9. The molecular weight excluding hydrogens is 242 g/mol. The van der Waals surface area contributed by atoms with Gasteiger partial charge in [-0.2, -0.15) is 5.26 Å². The van der Waals surface area contributed by atoms with Gasteiger partial charge in [0.25, 0.3) is 11.4 Å². The van der Waals surface area contributed by atoms with Crippen molar-refractivity contribution in [3.05, 3.63) is 44.0 Å². The van der Waals surface area contributed by atoms with Crippen molar-refractivity contribution in [2.75, 3.05) is 13.7 Å². The van der Waals surface area contributed by atoms with Gasteiger partial charge in [-0.25, -0.2) is 0 Å². The number of rotatable bonds is 5. The maximum absolute atomic E-state index is 10.9. The smallest absolute Gasteiger partial charge is 0.280 e. The number of hydrogen-bond acceptors (Lipinski definition) is 6. The van der Waals surface area contributed by atoms with Crippen LogP contribution in [0.15, 0.2) is 18.2 Å². The molecule has 0 aromatic heterocycles. The molecule has 1 rings (SSSR count). The van der Waals surface area contributed by atoms with E-state index in [1.54, 1.807) is 0 Å². The molecule has 1 aromatic carbocycles. The van der Waals surface area contributed by atoms with E-state index in [0.29, 0.717) is 0 Å². The van der Waals surface area contributed by atoms with Crippen molar-refractivity contribution in [1.29, 1.82) is 5.26 Å². The Morgan fingerprint density at radius 3 is 2.50 bits per heavy atom. The summed E-state index contributed by atoms with van der Waals surface area (Å²) in [4.78, 5) is 19.9. The van der Waals surface area contributed by atoms with E-state index in [1.165, 1.54) is 13.2 Å². The van der Waals surface area contributed by atoms with Crippen molar-refractivity contribution in [3.8, 4) is 6.07 Å². The van der Waals surface area contributed by atoms with Crippen LogP contribution in [0.2, 0.25) is 0 Å². The highest BCUT2D eigenvalue weighted by Crippen LogP contribution is 2.30. The van der Waals surface area contributed by atoms with Gasteiger partial charge in [-0.1, -0.05) is 0 Å². The predicted octanol–water partition coefficient (Wildman–Crippen LogP) is 1.76. The fourth-order valence-electron chi connectivity index (χ4n) is 1.46. The molecule has 1 unspecified atom stereocenters. The minimum absolute atomic E-state index is 0.0187. The van der Waals surface area contributed by atoms with Gasteiger partial charge in [0.1, 0.15) is 5.92 Å². The normalized spacial score (nSPS) is 11.6.